The van der Waals surface area contributed by atoms with Crippen LogP contribution in [0.2, 0.25) is 0 Å². The molecule has 3 fully saturated rings. The summed E-state index contributed by atoms with van der Waals surface area (Å²) in [7, 11) is 0. The van der Waals surface area contributed by atoms with Crippen LogP contribution in [0, 0.1) is 0 Å². The van der Waals surface area contributed by atoms with Gasteiger partial charge in [0.25, 0.3) is 0 Å². The fourth-order valence-electron chi connectivity index (χ4n) is 6.55. The van der Waals surface area contributed by atoms with Crippen LogP contribution >= 0.6 is 0 Å². The Morgan fingerprint density at radius 1 is 0.383 bits per heavy atom. The van der Waals surface area contributed by atoms with Gasteiger partial charge in [0.1, 0.15) is 37.6 Å². The average Bonchev–Trinajstić information content (AvgIpc) is 3.10. The lowest BCUT2D eigenvalue weighted by molar-refractivity contribution is -0.383. The average molecular weight is 867 g/mol. The zero-order valence-corrected chi connectivity index (χ0v) is 34.4. The van der Waals surface area contributed by atoms with Gasteiger partial charge >= 0.3 is 53.7 Å². The molecule has 0 saturated carbocycles. The van der Waals surface area contributed by atoms with Crippen LogP contribution in [0.3, 0.4) is 0 Å². The van der Waals surface area contributed by atoms with E-state index in [9.17, 15) is 48.3 Å². The smallest absolute Gasteiger partial charge is 0.303 e. The van der Waals surface area contributed by atoms with Crippen molar-refractivity contribution in [1.82, 2.24) is 0 Å². The lowest BCUT2D eigenvalue weighted by Crippen LogP contribution is -2.68. The molecule has 60 heavy (non-hydrogen) atoms. The predicted octanol–water partition coefficient (Wildman–Crippen LogP) is -1.41. The van der Waals surface area contributed by atoms with E-state index >= 15 is 0 Å². The minimum Gasteiger partial charge on any atom is -0.463 e. The Balaban J connectivity index is 2.28. The van der Waals surface area contributed by atoms with Gasteiger partial charge in [-0.25, -0.2) is 0 Å². The number of esters is 9. The van der Waals surface area contributed by atoms with Crippen molar-refractivity contribution in [2.24, 2.45) is 0 Å². The number of aliphatic hydroxyl groups excluding tert-OH is 1. The Bertz CT molecular complexity index is 1600. The number of hydrogen-bond donors (Lipinski definition) is 1. The molecule has 0 aromatic heterocycles. The molecule has 3 rings (SSSR count). The maximum absolute atomic E-state index is 12.6. The molecule has 0 radical (unpaired) electrons. The molecule has 0 spiro atoms. The first kappa shape index (κ1) is 49.4. The van der Waals surface area contributed by atoms with Crippen molar-refractivity contribution >= 4 is 53.7 Å². The molecule has 0 aliphatic carbocycles. The first-order valence-electron chi connectivity index (χ1n) is 18.4. The quantitative estimate of drug-likeness (QED) is 0.146. The van der Waals surface area contributed by atoms with Crippen LogP contribution in [0.15, 0.2) is 0 Å². The molecule has 24 heteroatoms. The van der Waals surface area contributed by atoms with Crippen LogP contribution in [0.25, 0.3) is 0 Å². The summed E-state index contributed by atoms with van der Waals surface area (Å²) in [4.78, 5) is 111. The molecule has 15 atom stereocenters. The zero-order valence-electron chi connectivity index (χ0n) is 34.4. The molecule has 3 aliphatic heterocycles. The van der Waals surface area contributed by atoms with Gasteiger partial charge in [0, 0.05) is 62.3 Å². The van der Waals surface area contributed by atoms with Crippen LogP contribution in [0.4, 0.5) is 0 Å². The molecule has 0 bridgehead atoms. The zero-order chi connectivity index (χ0) is 45.2. The van der Waals surface area contributed by atoms with E-state index in [0.717, 1.165) is 62.3 Å². The van der Waals surface area contributed by atoms with E-state index < -0.39 is 159 Å². The van der Waals surface area contributed by atoms with Gasteiger partial charge in [-0.15, -0.1) is 0 Å². The summed E-state index contributed by atoms with van der Waals surface area (Å²) in [5.74, 6) is -8.27. The molecule has 3 saturated heterocycles. The molecular weight excluding hydrogens is 816 g/mol. The topological polar surface area (TPSA) is 303 Å². The molecular formula is C36H50O24. The van der Waals surface area contributed by atoms with E-state index in [-0.39, 0.29) is 0 Å². The molecule has 1 N–H and O–H groups in total. The first-order chi connectivity index (χ1) is 28.0. The largest absolute Gasteiger partial charge is 0.463 e. The van der Waals surface area contributed by atoms with Crippen molar-refractivity contribution in [3.05, 3.63) is 0 Å². The minimum atomic E-state index is -2.10. The summed E-state index contributed by atoms with van der Waals surface area (Å²) in [6.45, 7) is 9.11. The lowest BCUT2D eigenvalue weighted by atomic mass is 9.95. The summed E-state index contributed by atoms with van der Waals surface area (Å²) in [5.41, 5.74) is 0. The van der Waals surface area contributed by atoms with Gasteiger partial charge in [-0.3, -0.25) is 43.2 Å². The number of aliphatic hydroxyl groups is 1. The van der Waals surface area contributed by atoms with Crippen LogP contribution < -0.4 is 0 Å². The molecule has 3 aliphatic rings. The van der Waals surface area contributed by atoms with E-state index in [1.807, 2.05) is 0 Å². The molecule has 0 amide bonds. The second kappa shape index (κ2) is 22.0. The highest BCUT2D eigenvalue weighted by Crippen LogP contribution is 2.37. The maximum Gasteiger partial charge on any atom is 0.303 e. The summed E-state index contributed by atoms with van der Waals surface area (Å²) in [6, 6.07) is 0. The Hall–Kier alpha value is -5.01. The molecule has 24 nitrogen and oxygen atoms in total. The molecule has 338 valence electrons. The Labute approximate surface area is 342 Å². The van der Waals surface area contributed by atoms with Gasteiger partial charge in [0.05, 0.1) is 6.10 Å². The molecule has 0 aromatic rings. The van der Waals surface area contributed by atoms with Crippen LogP contribution in [0.5, 0.6) is 0 Å². The fourth-order valence-corrected chi connectivity index (χ4v) is 6.55. The van der Waals surface area contributed by atoms with Crippen LogP contribution in [-0.4, -0.2) is 164 Å². The molecule has 0 aromatic carbocycles. The molecule has 3 heterocycles. The normalized spacial score (nSPS) is 33.8. The van der Waals surface area contributed by atoms with Gasteiger partial charge in [0.2, 0.25) is 0 Å². The van der Waals surface area contributed by atoms with Crippen LogP contribution in [-0.2, 0) is 109 Å². The Kier molecular flexibility index (Phi) is 18.1. The Morgan fingerprint density at radius 2 is 0.717 bits per heavy atom. The molecule has 0 unspecified atom stereocenters. The van der Waals surface area contributed by atoms with Gasteiger partial charge in [-0.2, -0.15) is 0 Å². The van der Waals surface area contributed by atoms with Crippen molar-refractivity contribution in [3.8, 4) is 0 Å². The van der Waals surface area contributed by atoms with E-state index in [1.54, 1.807) is 0 Å². The van der Waals surface area contributed by atoms with Crippen molar-refractivity contribution in [2.45, 2.75) is 161 Å². The number of carbonyl (C=O) groups excluding carboxylic acids is 9. The van der Waals surface area contributed by atoms with Gasteiger partial charge in [-0.05, 0) is 6.92 Å². The highest BCUT2D eigenvalue weighted by molar-refractivity contribution is 5.70. The van der Waals surface area contributed by atoms with Crippen molar-refractivity contribution in [2.75, 3.05) is 13.2 Å². The van der Waals surface area contributed by atoms with Gasteiger partial charge < -0.3 is 71.4 Å². The number of rotatable bonds is 15. The fraction of sp³-hybridized carbons (Fsp3) is 0.750. The summed E-state index contributed by atoms with van der Waals surface area (Å²) >= 11 is 0. The number of ether oxygens (including phenoxy) is 14. The minimum absolute atomic E-state index is 0.663. The van der Waals surface area contributed by atoms with E-state index in [4.69, 9.17) is 66.3 Å². The number of carbonyl (C=O) groups is 9. The second-order valence-electron chi connectivity index (χ2n) is 13.6. The highest BCUT2D eigenvalue weighted by atomic mass is 16.8. The summed E-state index contributed by atoms with van der Waals surface area (Å²) in [5, 5.41) is 11.3. The lowest BCUT2D eigenvalue weighted by Gasteiger charge is -2.50. The standard InChI is InChI=1S/C36H50O24/c1-13-25(50-16(4)39)28(52-18(6)41)32(55-21(9)44)35(49-13)60-29-27(23(11-47-14(2)37)57-34(46)31(29)54-20(8)43)59-36-33(56-22(10)45)30(53-19(7)42)26(51-17(5)40)24(58-36)12-48-15(3)38/h13,23-36,46H,11-12H2,1-10H3/t13-,23+,24+,25+,26-,27+,28+,29-,30-,31+,32-,33+,34-,35-,36+/m0/s1. The van der Waals surface area contributed by atoms with Crippen LogP contribution in [0.1, 0.15) is 69.2 Å². The second-order valence-corrected chi connectivity index (χ2v) is 13.6. The first-order valence-corrected chi connectivity index (χ1v) is 18.4. The highest BCUT2D eigenvalue weighted by Gasteiger charge is 2.59. The third-order valence-corrected chi connectivity index (χ3v) is 8.53. The SMILES string of the molecule is CC(=O)OC[C@H]1O[C@H](O[C@H]2[C@H](O[C@@H]3O[C@@H](C)[C@@H](OC(C)=O)[C@@H](OC(C)=O)[C@@H]3OC(C)=O)[C@@H](OC(C)=O)[C@@H](O)O[C@@H]2COC(C)=O)[C@H](OC(C)=O)[C@@H](OC(C)=O)[C@H]1OC(C)=O. The monoisotopic (exact) mass is 866 g/mol. The third-order valence-electron chi connectivity index (χ3n) is 8.53. The summed E-state index contributed by atoms with van der Waals surface area (Å²) < 4.78 is 79.0. The van der Waals surface area contributed by atoms with Crippen molar-refractivity contribution in [1.29, 1.82) is 0 Å². The van der Waals surface area contributed by atoms with Crippen molar-refractivity contribution in [3.63, 3.8) is 0 Å². The van der Waals surface area contributed by atoms with E-state index in [1.165, 1.54) is 6.92 Å². The third kappa shape index (κ3) is 14.0. The number of hydrogen-bond acceptors (Lipinski definition) is 24. The maximum atomic E-state index is 12.6. The van der Waals surface area contributed by atoms with Gasteiger partial charge in [0.15, 0.2) is 61.6 Å². The van der Waals surface area contributed by atoms with E-state index in [2.05, 4.69) is 0 Å². The predicted molar refractivity (Wildman–Crippen MR) is 186 cm³/mol. The van der Waals surface area contributed by atoms with E-state index in [0.29, 0.717) is 0 Å². The van der Waals surface area contributed by atoms with Gasteiger partial charge in [-0.1, -0.05) is 0 Å². The Morgan fingerprint density at radius 3 is 1.15 bits per heavy atom. The summed E-state index contributed by atoms with van der Waals surface area (Å²) in [6.07, 6.45) is -25.8. The van der Waals surface area contributed by atoms with Crippen molar-refractivity contribution < 1.29 is 115 Å².